The number of halogens is 1. The van der Waals surface area contributed by atoms with Gasteiger partial charge in [0.15, 0.2) is 5.69 Å². The van der Waals surface area contributed by atoms with E-state index < -0.39 is 0 Å². The molecule has 0 spiro atoms. The number of hydrogen-bond donors (Lipinski definition) is 0. The fourth-order valence-corrected chi connectivity index (χ4v) is 2.27. The summed E-state index contributed by atoms with van der Waals surface area (Å²) in [6, 6.07) is 8.87. The highest BCUT2D eigenvalue weighted by Gasteiger charge is 2.22. The monoisotopic (exact) mass is 328 g/mol. The molecule has 0 aliphatic heterocycles. The van der Waals surface area contributed by atoms with E-state index >= 15 is 0 Å². The quantitative estimate of drug-likeness (QED) is 0.856. The molecule has 1 aromatic carbocycles. The number of benzene rings is 1. The molecule has 23 heavy (non-hydrogen) atoms. The molecule has 2 aromatic rings. The molecule has 0 unspecified atom stereocenters. The number of carbonyl (C=O) groups is 1. The molecule has 1 amide bonds. The minimum absolute atomic E-state index is 0.101. The minimum atomic E-state index is -0.286. The Balaban J connectivity index is 2.40. The van der Waals surface area contributed by atoms with Crippen molar-refractivity contribution in [3.05, 3.63) is 52.6 Å². The van der Waals surface area contributed by atoms with Gasteiger partial charge in [-0.3, -0.25) is 4.79 Å². The summed E-state index contributed by atoms with van der Waals surface area (Å²) < 4.78 is 0. The maximum Gasteiger partial charge on any atom is 0.278 e. The Morgan fingerprint density at radius 2 is 2.00 bits per heavy atom. The van der Waals surface area contributed by atoms with E-state index in [0.29, 0.717) is 23.6 Å². The lowest BCUT2D eigenvalue weighted by Gasteiger charge is -2.21. The van der Waals surface area contributed by atoms with Crippen LogP contribution in [0.15, 0.2) is 30.5 Å². The van der Waals surface area contributed by atoms with E-state index in [2.05, 4.69) is 16.0 Å². The van der Waals surface area contributed by atoms with E-state index in [1.807, 2.05) is 20.8 Å². The molecular weight excluding hydrogens is 312 g/mol. The number of aromatic nitrogens is 2. The lowest BCUT2D eigenvalue weighted by Crippen LogP contribution is -2.32. The van der Waals surface area contributed by atoms with Gasteiger partial charge in [0.25, 0.3) is 5.91 Å². The fourth-order valence-electron chi connectivity index (χ4n) is 2.10. The second-order valence-corrected chi connectivity index (χ2v) is 5.69. The summed E-state index contributed by atoms with van der Waals surface area (Å²) in [5.41, 5.74) is 1.42. The smallest absolute Gasteiger partial charge is 0.278 e. The van der Waals surface area contributed by atoms with Crippen molar-refractivity contribution in [2.24, 2.45) is 0 Å². The number of anilines is 1. The van der Waals surface area contributed by atoms with Gasteiger partial charge in [-0.15, -0.1) is 0 Å². The minimum Gasteiger partial charge on any atom is -0.307 e. The first kappa shape index (κ1) is 16.9. The van der Waals surface area contributed by atoms with Crippen LogP contribution in [0.5, 0.6) is 0 Å². The number of nitriles is 1. The van der Waals surface area contributed by atoms with Gasteiger partial charge in [-0.05, 0) is 31.2 Å². The Bertz CT molecular complexity index is 750. The zero-order valence-corrected chi connectivity index (χ0v) is 14.0. The van der Waals surface area contributed by atoms with Gasteiger partial charge in [0.05, 0.1) is 22.9 Å². The maximum atomic E-state index is 12.8. The number of nitrogens with zero attached hydrogens (tertiary/aromatic N) is 4. The molecule has 0 radical (unpaired) electrons. The van der Waals surface area contributed by atoms with Crippen molar-refractivity contribution in [2.45, 2.75) is 26.7 Å². The van der Waals surface area contributed by atoms with Crippen molar-refractivity contribution < 1.29 is 4.79 Å². The van der Waals surface area contributed by atoms with Gasteiger partial charge in [0.2, 0.25) is 0 Å². The van der Waals surface area contributed by atoms with Crippen LogP contribution in [0.25, 0.3) is 0 Å². The standard InChI is InChI=1S/C17H17ClN4O/c1-4-22(13-7-5-12(9-19)6-8-13)17(23)15-14(18)10-20-16(21-15)11(2)3/h5-8,10-11H,4H2,1-3H3. The Labute approximate surface area is 140 Å². The van der Waals surface area contributed by atoms with Crippen molar-refractivity contribution in [3.63, 3.8) is 0 Å². The number of carbonyl (C=O) groups excluding carboxylic acids is 1. The van der Waals surface area contributed by atoms with E-state index in [1.165, 1.54) is 6.20 Å². The predicted molar refractivity (Wildman–Crippen MR) is 89.6 cm³/mol. The zero-order chi connectivity index (χ0) is 17.0. The average Bonchev–Trinajstić information content (AvgIpc) is 2.56. The van der Waals surface area contributed by atoms with Crippen LogP contribution in [0.4, 0.5) is 5.69 Å². The molecule has 0 N–H and O–H groups in total. The molecule has 0 aliphatic carbocycles. The van der Waals surface area contributed by atoms with Crippen LogP contribution >= 0.6 is 11.6 Å². The molecule has 0 aliphatic rings. The van der Waals surface area contributed by atoms with Gasteiger partial charge in [-0.1, -0.05) is 25.4 Å². The van der Waals surface area contributed by atoms with Crippen LogP contribution in [-0.2, 0) is 0 Å². The van der Waals surface area contributed by atoms with Crippen LogP contribution < -0.4 is 4.90 Å². The highest BCUT2D eigenvalue weighted by atomic mass is 35.5. The zero-order valence-electron chi connectivity index (χ0n) is 13.2. The van der Waals surface area contributed by atoms with Gasteiger partial charge in [0.1, 0.15) is 5.82 Å². The SMILES string of the molecule is CCN(C(=O)c1nc(C(C)C)ncc1Cl)c1ccc(C#N)cc1. The maximum absolute atomic E-state index is 12.8. The topological polar surface area (TPSA) is 69.9 Å². The summed E-state index contributed by atoms with van der Waals surface area (Å²) in [6.07, 6.45) is 1.46. The van der Waals surface area contributed by atoms with Crippen LogP contribution in [0.3, 0.4) is 0 Å². The molecule has 1 aromatic heterocycles. The molecule has 0 saturated heterocycles. The molecule has 0 saturated carbocycles. The fraction of sp³-hybridized carbons (Fsp3) is 0.294. The first-order valence-corrected chi connectivity index (χ1v) is 7.70. The summed E-state index contributed by atoms with van der Waals surface area (Å²) in [5.74, 6) is 0.393. The van der Waals surface area contributed by atoms with Crippen molar-refractivity contribution in [1.82, 2.24) is 9.97 Å². The van der Waals surface area contributed by atoms with E-state index in [4.69, 9.17) is 16.9 Å². The Morgan fingerprint density at radius 3 is 2.52 bits per heavy atom. The van der Waals surface area contributed by atoms with Gasteiger partial charge in [-0.2, -0.15) is 5.26 Å². The van der Waals surface area contributed by atoms with E-state index in [0.717, 1.165) is 0 Å². The van der Waals surface area contributed by atoms with Crippen molar-refractivity contribution in [1.29, 1.82) is 5.26 Å². The molecule has 6 heteroatoms. The lowest BCUT2D eigenvalue weighted by atomic mass is 10.2. The normalized spacial score (nSPS) is 10.4. The van der Waals surface area contributed by atoms with Gasteiger partial charge < -0.3 is 4.90 Å². The third-order valence-electron chi connectivity index (χ3n) is 3.35. The van der Waals surface area contributed by atoms with E-state index in [1.54, 1.807) is 29.2 Å². The van der Waals surface area contributed by atoms with Crippen molar-refractivity contribution in [2.75, 3.05) is 11.4 Å². The molecule has 2 rings (SSSR count). The number of amides is 1. The van der Waals surface area contributed by atoms with Crippen LogP contribution in [0.1, 0.15) is 48.6 Å². The molecule has 0 atom stereocenters. The second-order valence-electron chi connectivity index (χ2n) is 5.29. The van der Waals surface area contributed by atoms with Crippen LogP contribution in [0, 0.1) is 11.3 Å². The van der Waals surface area contributed by atoms with Crippen molar-refractivity contribution >= 4 is 23.2 Å². The Kier molecular flexibility index (Phi) is 5.30. The van der Waals surface area contributed by atoms with Crippen molar-refractivity contribution in [3.8, 4) is 6.07 Å². The number of rotatable bonds is 4. The first-order valence-electron chi connectivity index (χ1n) is 7.32. The summed E-state index contributed by atoms with van der Waals surface area (Å²) in [7, 11) is 0. The summed E-state index contributed by atoms with van der Waals surface area (Å²) in [4.78, 5) is 22.8. The molecule has 5 nitrogen and oxygen atoms in total. The lowest BCUT2D eigenvalue weighted by molar-refractivity contribution is 0.0983. The largest absolute Gasteiger partial charge is 0.307 e. The first-order chi connectivity index (χ1) is 11.0. The molecule has 0 fully saturated rings. The van der Waals surface area contributed by atoms with E-state index in [9.17, 15) is 4.79 Å². The molecular formula is C17H17ClN4O. The third kappa shape index (κ3) is 3.66. The second kappa shape index (κ2) is 7.21. The summed E-state index contributed by atoms with van der Waals surface area (Å²) in [6.45, 7) is 6.24. The predicted octanol–water partition coefficient (Wildman–Crippen LogP) is 3.79. The van der Waals surface area contributed by atoms with E-state index in [-0.39, 0.29) is 22.5 Å². The van der Waals surface area contributed by atoms with Gasteiger partial charge >= 0.3 is 0 Å². The molecule has 118 valence electrons. The third-order valence-corrected chi connectivity index (χ3v) is 3.63. The van der Waals surface area contributed by atoms with Gasteiger partial charge in [-0.25, -0.2) is 9.97 Å². The highest BCUT2D eigenvalue weighted by Crippen LogP contribution is 2.22. The van der Waals surface area contributed by atoms with Crippen LogP contribution in [0.2, 0.25) is 5.02 Å². The summed E-state index contributed by atoms with van der Waals surface area (Å²) in [5, 5.41) is 9.09. The Morgan fingerprint density at radius 1 is 1.35 bits per heavy atom. The summed E-state index contributed by atoms with van der Waals surface area (Å²) >= 11 is 6.12. The van der Waals surface area contributed by atoms with Gasteiger partial charge in [0, 0.05) is 18.2 Å². The molecule has 0 bridgehead atoms. The Hall–Kier alpha value is -2.45. The molecule has 1 heterocycles. The highest BCUT2D eigenvalue weighted by molar-refractivity contribution is 6.34. The average molecular weight is 329 g/mol. The van der Waals surface area contributed by atoms with Crippen LogP contribution in [-0.4, -0.2) is 22.4 Å². The number of hydrogen-bond acceptors (Lipinski definition) is 4.